The molecule has 3 amide bonds. The second-order valence-corrected chi connectivity index (χ2v) is 10.2. The Hall–Kier alpha value is -3.96. The highest BCUT2D eigenvalue weighted by molar-refractivity contribution is 7.89. The lowest BCUT2D eigenvalue weighted by molar-refractivity contribution is -0.126. The molecule has 0 aliphatic carbocycles. The van der Waals surface area contributed by atoms with Crippen LogP contribution in [-0.2, 0) is 21.4 Å². The molecular weight excluding hydrogens is 494 g/mol. The third kappa shape index (κ3) is 6.43. The second-order valence-electron chi connectivity index (χ2n) is 8.36. The molecule has 10 nitrogen and oxygen atoms in total. The molecule has 2 aromatic carbocycles. The van der Waals surface area contributed by atoms with Crippen molar-refractivity contribution in [2.45, 2.75) is 24.4 Å². The van der Waals surface area contributed by atoms with E-state index in [0.29, 0.717) is 18.0 Å². The molecule has 1 aliphatic heterocycles. The third-order valence-corrected chi connectivity index (χ3v) is 7.80. The Labute approximate surface area is 216 Å². The van der Waals surface area contributed by atoms with Gasteiger partial charge in [-0.05, 0) is 55.0 Å². The SMILES string of the molecule is CCOc1ccc(NC(=O)N2CCN(S(=O)(=O)c3ccccc3)C(C(=O)NCc3cccnc3)C2)cc1. The fraction of sp³-hybridized carbons (Fsp3) is 0.269. The van der Waals surface area contributed by atoms with Gasteiger partial charge in [0.2, 0.25) is 15.9 Å². The van der Waals surface area contributed by atoms with Gasteiger partial charge in [-0.25, -0.2) is 13.2 Å². The summed E-state index contributed by atoms with van der Waals surface area (Å²) in [5, 5.41) is 5.60. The maximum absolute atomic E-state index is 13.4. The summed E-state index contributed by atoms with van der Waals surface area (Å²) in [5.74, 6) is 0.188. The van der Waals surface area contributed by atoms with Crippen molar-refractivity contribution in [3.05, 3.63) is 84.7 Å². The average Bonchev–Trinajstić information content (AvgIpc) is 2.93. The van der Waals surface area contributed by atoms with Crippen molar-refractivity contribution in [3.8, 4) is 5.75 Å². The van der Waals surface area contributed by atoms with E-state index in [1.165, 1.54) is 21.3 Å². The number of benzene rings is 2. The van der Waals surface area contributed by atoms with Crippen LogP contribution in [0, 0.1) is 0 Å². The van der Waals surface area contributed by atoms with Crippen molar-refractivity contribution in [1.29, 1.82) is 0 Å². The maximum Gasteiger partial charge on any atom is 0.321 e. The van der Waals surface area contributed by atoms with Crippen LogP contribution in [0.5, 0.6) is 5.75 Å². The van der Waals surface area contributed by atoms with Crippen LogP contribution < -0.4 is 15.4 Å². The second kappa shape index (κ2) is 11.8. The molecule has 2 N–H and O–H groups in total. The zero-order valence-corrected chi connectivity index (χ0v) is 21.2. The molecule has 0 radical (unpaired) electrons. The van der Waals surface area contributed by atoms with E-state index in [-0.39, 0.29) is 31.1 Å². The molecule has 1 saturated heterocycles. The summed E-state index contributed by atoms with van der Waals surface area (Å²) in [6.45, 7) is 2.59. The summed E-state index contributed by atoms with van der Waals surface area (Å²) >= 11 is 0. The lowest BCUT2D eigenvalue weighted by Gasteiger charge is -2.39. The number of aromatic nitrogens is 1. The minimum atomic E-state index is -3.97. The first-order valence-electron chi connectivity index (χ1n) is 11.9. The molecule has 37 heavy (non-hydrogen) atoms. The van der Waals surface area contributed by atoms with Crippen molar-refractivity contribution in [3.63, 3.8) is 0 Å². The zero-order valence-electron chi connectivity index (χ0n) is 20.4. The first-order valence-corrected chi connectivity index (χ1v) is 13.3. The van der Waals surface area contributed by atoms with E-state index in [1.807, 2.05) is 13.0 Å². The van der Waals surface area contributed by atoms with E-state index in [2.05, 4.69) is 15.6 Å². The first-order chi connectivity index (χ1) is 17.9. The molecule has 11 heteroatoms. The Bertz CT molecular complexity index is 1300. The van der Waals surface area contributed by atoms with Crippen LogP contribution in [0.4, 0.5) is 10.5 Å². The van der Waals surface area contributed by atoms with Gasteiger partial charge in [-0.1, -0.05) is 24.3 Å². The number of nitrogens with one attached hydrogen (secondary N) is 2. The molecule has 1 aliphatic rings. The van der Waals surface area contributed by atoms with E-state index < -0.39 is 28.0 Å². The fourth-order valence-corrected chi connectivity index (χ4v) is 5.58. The Morgan fingerprint density at radius 1 is 1.03 bits per heavy atom. The normalized spacial score (nSPS) is 16.1. The quantitative estimate of drug-likeness (QED) is 0.468. The highest BCUT2D eigenvalue weighted by Crippen LogP contribution is 2.23. The minimum Gasteiger partial charge on any atom is -0.494 e. The Morgan fingerprint density at radius 2 is 1.78 bits per heavy atom. The zero-order chi connectivity index (χ0) is 26.3. The van der Waals surface area contributed by atoms with Crippen LogP contribution in [0.2, 0.25) is 0 Å². The van der Waals surface area contributed by atoms with Crippen molar-refractivity contribution < 1.29 is 22.7 Å². The molecular formula is C26H29N5O5S. The van der Waals surface area contributed by atoms with Gasteiger partial charge in [0.05, 0.1) is 11.5 Å². The van der Waals surface area contributed by atoms with E-state index in [9.17, 15) is 18.0 Å². The molecule has 4 rings (SSSR count). The van der Waals surface area contributed by atoms with E-state index in [1.54, 1.807) is 60.9 Å². The van der Waals surface area contributed by atoms with Gasteiger partial charge in [0.25, 0.3) is 0 Å². The van der Waals surface area contributed by atoms with Gasteiger partial charge in [-0.15, -0.1) is 0 Å². The summed E-state index contributed by atoms with van der Waals surface area (Å²) in [4.78, 5) is 31.9. The minimum absolute atomic E-state index is 0.0289. The van der Waals surface area contributed by atoms with Crippen LogP contribution in [0.15, 0.2) is 84.0 Å². The van der Waals surface area contributed by atoms with Crippen LogP contribution in [-0.4, -0.2) is 66.8 Å². The Balaban J connectivity index is 1.51. The Morgan fingerprint density at radius 3 is 2.46 bits per heavy atom. The lowest BCUT2D eigenvalue weighted by Crippen LogP contribution is -2.61. The monoisotopic (exact) mass is 523 g/mol. The van der Waals surface area contributed by atoms with Gasteiger partial charge in [0, 0.05) is 44.3 Å². The standard InChI is InChI=1S/C26H29N5O5S/c1-2-36-22-12-10-21(11-13-22)29-26(33)30-15-16-31(37(34,35)23-8-4-3-5-9-23)24(19-30)25(32)28-18-20-7-6-14-27-17-20/h3-14,17,24H,2,15-16,18-19H2,1H3,(H,28,32)(H,29,33). The fourth-order valence-electron chi connectivity index (χ4n) is 3.99. The van der Waals surface area contributed by atoms with Crippen LogP contribution in [0.25, 0.3) is 0 Å². The number of sulfonamides is 1. The van der Waals surface area contributed by atoms with Gasteiger partial charge in [-0.3, -0.25) is 9.78 Å². The molecule has 194 valence electrons. The van der Waals surface area contributed by atoms with E-state index in [0.717, 1.165) is 5.56 Å². The van der Waals surface area contributed by atoms with E-state index >= 15 is 0 Å². The van der Waals surface area contributed by atoms with Gasteiger partial charge < -0.3 is 20.3 Å². The smallest absolute Gasteiger partial charge is 0.321 e. The maximum atomic E-state index is 13.4. The number of hydrogen-bond acceptors (Lipinski definition) is 6. The number of piperazine rings is 1. The molecule has 1 aromatic heterocycles. The number of amides is 3. The number of rotatable bonds is 8. The number of pyridine rings is 1. The van der Waals surface area contributed by atoms with Crippen LogP contribution in [0.3, 0.4) is 0 Å². The molecule has 0 saturated carbocycles. The summed E-state index contributed by atoms with van der Waals surface area (Å²) in [6.07, 6.45) is 3.25. The summed E-state index contributed by atoms with van der Waals surface area (Å²) in [6, 6.07) is 16.9. The number of carbonyl (C=O) groups excluding carboxylic acids is 2. The molecule has 0 spiro atoms. The summed E-state index contributed by atoms with van der Waals surface area (Å²) < 4.78 is 33.5. The average molecular weight is 524 g/mol. The highest BCUT2D eigenvalue weighted by Gasteiger charge is 2.41. The van der Waals surface area contributed by atoms with Gasteiger partial charge in [0.15, 0.2) is 0 Å². The third-order valence-electron chi connectivity index (χ3n) is 5.88. The van der Waals surface area contributed by atoms with Gasteiger partial charge >= 0.3 is 6.03 Å². The molecule has 0 bridgehead atoms. The number of carbonyl (C=O) groups is 2. The molecule has 1 unspecified atom stereocenters. The number of urea groups is 1. The van der Waals surface area contributed by atoms with Crippen LogP contribution >= 0.6 is 0 Å². The van der Waals surface area contributed by atoms with Crippen molar-refractivity contribution in [2.24, 2.45) is 0 Å². The highest BCUT2D eigenvalue weighted by atomic mass is 32.2. The van der Waals surface area contributed by atoms with Crippen molar-refractivity contribution >= 4 is 27.6 Å². The predicted octanol–water partition coefficient (Wildman–Crippen LogP) is 2.70. The number of nitrogens with zero attached hydrogens (tertiary/aromatic N) is 3. The van der Waals surface area contributed by atoms with Crippen molar-refractivity contribution in [1.82, 2.24) is 19.5 Å². The predicted molar refractivity (Wildman–Crippen MR) is 138 cm³/mol. The van der Waals surface area contributed by atoms with Crippen molar-refractivity contribution in [2.75, 3.05) is 31.6 Å². The molecule has 1 fully saturated rings. The van der Waals surface area contributed by atoms with Gasteiger partial charge in [0.1, 0.15) is 11.8 Å². The molecule has 2 heterocycles. The number of hydrogen-bond donors (Lipinski definition) is 2. The number of ether oxygens (including phenoxy) is 1. The summed E-state index contributed by atoms with van der Waals surface area (Å²) in [7, 11) is -3.97. The van der Waals surface area contributed by atoms with Gasteiger partial charge in [-0.2, -0.15) is 4.31 Å². The molecule has 3 aromatic rings. The topological polar surface area (TPSA) is 121 Å². The van der Waals surface area contributed by atoms with Crippen LogP contribution in [0.1, 0.15) is 12.5 Å². The summed E-state index contributed by atoms with van der Waals surface area (Å²) in [5.41, 5.74) is 1.33. The molecule has 1 atom stereocenters. The van der Waals surface area contributed by atoms with E-state index in [4.69, 9.17) is 4.74 Å². The Kier molecular flexibility index (Phi) is 8.36. The number of anilines is 1. The largest absolute Gasteiger partial charge is 0.494 e. The lowest BCUT2D eigenvalue weighted by atomic mass is 10.2. The first kappa shape index (κ1) is 26.1.